The number of halogens is 1. The zero-order valence-electron chi connectivity index (χ0n) is 7.21. The average Bonchev–Trinajstić information content (AvgIpc) is 1.83. The second kappa shape index (κ2) is 3.16. The Bertz CT molecular complexity index is 258. The van der Waals surface area contributed by atoms with E-state index < -0.39 is 14.3 Å². The van der Waals surface area contributed by atoms with Crippen LogP contribution in [0.5, 0.6) is 0 Å². The van der Waals surface area contributed by atoms with Crippen LogP contribution in [0, 0.1) is 0 Å². The van der Waals surface area contributed by atoms with Gasteiger partial charge in [-0.2, -0.15) is 0 Å². The van der Waals surface area contributed by atoms with Gasteiger partial charge in [0.15, 0.2) is 0 Å². The Kier molecular flexibility index (Phi) is 2.71. The van der Waals surface area contributed by atoms with E-state index in [0.29, 0.717) is 19.4 Å². The molecule has 0 aromatic heterocycles. The van der Waals surface area contributed by atoms with E-state index in [1.165, 1.54) is 0 Å². The lowest BCUT2D eigenvalue weighted by Gasteiger charge is -2.33. The van der Waals surface area contributed by atoms with E-state index in [-0.39, 0.29) is 5.60 Å². The number of hydrogen-bond acceptors (Lipinski definition) is 3. The third-order valence-corrected chi connectivity index (χ3v) is 4.00. The van der Waals surface area contributed by atoms with Crippen LogP contribution < -0.4 is 0 Å². The quantitative estimate of drug-likeness (QED) is 0.619. The molecule has 1 aliphatic rings. The number of hydrogen-bond donors (Lipinski definition) is 0. The molecular weight excluding hydrogens is 200 g/mol. The van der Waals surface area contributed by atoms with Crippen LogP contribution in [0.2, 0.25) is 0 Å². The summed E-state index contributed by atoms with van der Waals surface area (Å²) in [5, 5.41) is -0.442. The molecular formula is C7H13ClO3S. The Morgan fingerprint density at radius 2 is 2.08 bits per heavy atom. The minimum Gasteiger partial charge on any atom is -0.375 e. The van der Waals surface area contributed by atoms with Crippen molar-refractivity contribution in [2.45, 2.75) is 37.5 Å². The third-order valence-electron chi connectivity index (χ3n) is 2.05. The smallest absolute Gasteiger partial charge is 0.235 e. The standard InChI is InChI=1S/C7H13ClO3S/c1-7(2)5-6(3-4-11-7)12(8,9)10/h6H,3-5H2,1-2H3. The van der Waals surface area contributed by atoms with Gasteiger partial charge in [0, 0.05) is 17.3 Å². The van der Waals surface area contributed by atoms with Gasteiger partial charge in [0.2, 0.25) is 9.05 Å². The van der Waals surface area contributed by atoms with Gasteiger partial charge < -0.3 is 4.74 Å². The van der Waals surface area contributed by atoms with Crippen LogP contribution in [0.3, 0.4) is 0 Å². The monoisotopic (exact) mass is 212 g/mol. The van der Waals surface area contributed by atoms with Gasteiger partial charge in [0.1, 0.15) is 0 Å². The van der Waals surface area contributed by atoms with Crippen LogP contribution in [0.1, 0.15) is 26.7 Å². The minimum atomic E-state index is -3.40. The lowest BCUT2D eigenvalue weighted by Crippen LogP contribution is -2.38. The summed E-state index contributed by atoms with van der Waals surface area (Å²) in [5.74, 6) is 0. The summed E-state index contributed by atoms with van der Waals surface area (Å²) in [4.78, 5) is 0. The van der Waals surface area contributed by atoms with Crippen molar-refractivity contribution in [1.82, 2.24) is 0 Å². The summed E-state index contributed by atoms with van der Waals surface area (Å²) in [6, 6.07) is 0. The van der Waals surface area contributed by atoms with Crippen molar-refractivity contribution in [3.8, 4) is 0 Å². The summed E-state index contributed by atoms with van der Waals surface area (Å²) in [6.45, 7) is 4.23. The van der Waals surface area contributed by atoms with Gasteiger partial charge in [-0.15, -0.1) is 0 Å². The number of rotatable bonds is 1. The molecule has 1 rings (SSSR count). The Morgan fingerprint density at radius 3 is 2.42 bits per heavy atom. The second-order valence-corrected chi connectivity index (χ2v) is 6.61. The van der Waals surface area contributed by atoms with Gasteiger partial charge >= 0.3 is 0 Å². The van der Waals surface area contributed by atoms with E-state index in [0.717, 1.165) is 0 Å². The molecule has 0 bridgehead atoms. The van der Waals surface area contributed by atoms with Crippen molar-refractivity contribution < 1.29 is 13.2 Å². The van der Waals surface area contributed by atoms with Crippen LogP contribution in [-0.4, -0.2) is 25.9 Å². The maximum atomic E-state index is 11.0. The van der Waals surface area contributed by atoms with E-state index in [1.54, 1.807) is 0 Å². The molecule has 3 nitrogen and oxygen atoms in total. The molecule has 0 aromatic carbocycles. The Hall–Kier alpha value is 0.200. The van der Waals surface area contributed by atoms with Crippen molar-refractivity contribution in [3.63, 3.8) is 0 Å². The second-order valence-electron chi connectivity index (χ2n) is 3.70. The maximum absolute atomic E-state index is 11.0. The molecule has 0 aromatic rings. The highest BCUT2D eigenvalue weighted by Crippen LogP contribution is 2.29. The fourth-order valence-corrected chi connectivity index (χ4v) is 2.85. The molecule has 1 aliphatic heterocycles. The minimum absolute atomic E-state index is 0.356. The first-order valence-corrected chi connectivity index (χ1v) is 6.26. The first-order valence-electron chi connectivity index (χ1n) is 3.89. The first-order chi connectivity index (χ1) is 5.31. The van der Waals surface area contributed by atoms with Crippen LogP contribution in [0.4, 0.5) is 0 Å². The van der Waals surface area contributed by atoms with E-state index in [9.17, 15) is 8.42 Å². The van der Waals surface area contributed by atoms with Gasteiger partial charge in [-0.25, -0.2) is 8.42 Å². The van der Waals surface area contributed by atoms with Crippen LogP contribution in [-0.2, 0) is 13.8 Å². The lowest BCUT2D eigenvalue weighted by atomic mass is 9.98. The molecule has 72 valence electrons. The highest BCUT2D eigenvalue weighted by atomic mass is 35.7. The van der Waals surface area contributed by atoms with E-state index >= 15 is 0 Å². The van der Waals surface area contributed by atoms with Gasteiger partial charge in [-0.3, -0.25) is 0 Å². The zero-order chi connectivity index (χ0) is 9.41. The summed E-state index contributed by atoms with van der Waals surface area (Å²) in [6.07, 6.45) is 0.994. The van der Waals surface area contributed by atoms with Gasteiger partial charge in [0.25, 0.3) is 0 Å². The third kappa shape index (κ3) is 2.61. The average molecular weight is 213 g/mol. The first kappa shape index (κ1) is 10.3. The predicted molar refractivity (Wildman–Crippen MR) is 47.8 cm³/mol. The molecule has 0 amide bonds. The molecule has 12 heavy (non-hydrogen) atoms. The Balaban J connectivity index is 2.71. The molecule has 0 saturated carbocycles. The Labute approximate surface area is 77.5 Å². The molecule has 0 aliphatic carbocycles. The maximum Gasteiger partial charge on any atom is 0.235 e. The van der Waals surface area contributed by atoms with Crippen LogP contribution >= 0.6 is 10.7 Å². The largest absolute Gasteiger partial charge is 0.375 e. The highest BCUT2D eigenvalue weighted by Gasteiger charge is 2.35. The van der Waals surface area contributed by atoms with Gasteiger partial charge in [0.05, 0.1) is 10.9 Å². The summed E-state index contributed by atoms with van der Waals surface area (Å²) in [7, 11) is 1.85. The molecule has 1 saturated heterocycles. The molecule has 1 atom stereocenters. The van der Waals surface area contributed by atoms with Crippen molar-refractivity contribution in [2.24, 2.45) is 0 Å². The highest BCUT2D eigenvalue weighted by molar-refractivity contribution is 8.14. The summed E-state index contributed by atoms with van der Waals surface area (Å²) >= 11 is 0. The summed E-state index contributed by atoms with van der Waals surface area (Å²) < 4.78 is 27.3. The van der Waals surface area contributed by atoms with Crippen LogP contribution in [0.25, 0.3) is 0 Å². The molecule has 5 heteroatoms. The van der Waals surface area contributed by atoms with Crippen molar-refractivity contribution in [1.29, 1.82) is 0 Å². The summed E-state index contributed by atoms with van der Waals surface area (Å²) in [5.41, 5.74) is -0.356. The zero-order valence-corrected chi connectivity index (χ0v) is 8.78. The molecule has 0 N–H and O–H groups in total. The molecule has 1 unspecified atom stereocenters. The van der Waals surface area contributed by atoms with E-state index in [2.05, 4.69) is 0 Å². The molecule has 1 heterocycles. The molecule has 0 radical (unpaired) electrons. The molecule has 1 fully saturated rings. The van der Waals surface area contributed by atoms with E-state index in [4.69, 9.17) is 15.4 Å². The SMILES string of the molecule is CC1(C)CC(S(=O)(=O)Cl)CCO1. The fourth-order valence-electron chi connectivity index (χ4n) is 1.42. The normalized spacial score (nSPS) is 30.1. The van der Waals surface area contributed by atoms with Gasteiger partial charge in [-0.1, -0.05) is 0 Å². The topological polar surface area (TPSA) is 43.4 Å². The fraction of sp³-hybridized carbons (Fsp3) is 1.00. The van der Waals surface area contributed by atoms with Crippen molar-refractivity contribution >= 4 is 19.7 Å². The van der Waals surface area contributed by atoms with Crippen LogP contribution in [0.15, 0.2) is 0 Å². The molecule has 0 spiro atoms. The predicted octanol–water partition coefficient (Wildman–Crippen LogP) is 1.51. The lowest BCUT2D eigenvalue weighted by molar-refractivity contribution is -0.0493. The van der Waals surface area contributed by atoms with E-state index in [1.807, 2.05) is 13.8 Å². The Morgan fingerprint density at radius 1 is 1.50 bits per heavy atom. The van der Waals surface area contributed by atoms with Crippen molar-refractivity contribution in [2.75, 3.05) is 6.61 Å². The number of ether oxygens (including phenoxy) is 1. The van der Waals surface area contributed by atoms with Gasteiger partial charge in [-0.05, 0) is 26.7 Å². The van der Waals surface area contributed by atoms with Crippen molar-refractivity contribution in [3.05, 3.63) is 0 Å².